The fraction of sp³-hybridized carbons (Fsp3) is 0.625. The number of fused-ring (bicyclic) bond motifs is 1. The lowest BCUT2D eigenvalue weighted by molar-refractivity contribution is 0.0717. The highest BCUT2D eigenvalue weighted by Crippen LogP contribution is 2.31. The Balaban J connectivity index is 1.83. The summed E-state index contributed by atoms with van der Waals surface area (Å²) < 4.78 is 56.1. The summed E-state index contributed by atoms with van der Waals surface area (Å²) in [5.74, 6) is 0.213. The predicted octanol–water partition coefficient (Wildman–Crippen LogP) is 3.52. The van der Waals surface area contributed by atoms with Crippen molar-refractivity contribution in [1.29, 1.82) is 0 Å². The van der Waals surface area contributed by atoms with Crippen molar-refractivity contribution < 1.29 is 21.6 Å². The van der Waals surface area contributed by atoms with Gasteiger partial charge in [-0.25, -0.2) is 20.8 Å². The van der Waals surface area contributed by atoms with Gasteiger partial charge < -0.3 is 4.90 Å². The van der Waals surface area contributed by atoms with Crippen molar-refractivity contribution in [3.05, 3.63) is 30.0 Å². The standard InChI is InChI=1S/C24H35N3O5S2/c1-17(2)33(29,30)27-22-9-8-21(34(31,32)26-15-18(3)12-19(4)16-26)13-20(22)14-23(27)24(28)25-10-6-5-7-11-25/h8-9,13-14,17-19H,5-7,10-12,15-16H2,1-4H3. The molecule has 4 rings (SSSR count). The van der Waals surface area contributed by atoms with E-state index in [0.29, 0.717) is 37.1 Å². The van der Waals surface area contributed by atoms with Gasteiger partial charge in [-0.3, -0.25) is 4.79 Å². The Bertz CT molecular complexity index is 1280. The largest absolute Gasteiger partial charge is 0.337 e. The zero-order valence-corrected chi connectivity index (χ0v) is 22.0. The number of benzene rings is 1. The first-order valence-electron chi connectivity index (χ1n) is 12.1. The van der Waals surface area contributed by atoms with Crippen LogP contribution in [0.1, 0.15) is 63.9 Å². The molecule has 8 nitrogen and oxygen atoms in total. The van der Waals surface area contributed by atoms with Crippen LogP contribution in [0.5, 0.6) is 0 Å². The lowest BCUT2D eigenvalue weighted by Gasteiger charge is -2.34. The Kier molecular flexibility index (Phi) is 6.87. The molecule has 1 aromatic carbocycles. The molecular weight excluding hydrogens is 474 g/mol. The number of likely N-dealkylation sites (tertiary alicyclic amines) is 1. The summed E-state index contributed by atoms with van der Waals surface area (Å²) >= 11 is 0. The molecule has 188 valence electrons. The fourth-order valence-electron chi connectivity index (χ4n) is 5.17. The maximum Gasteiger partial charge on any atom is 0.271 e. The molecule has 1 aromatic heterocycles. The highest BCUT2D eigenvalue weighted by Gasteiger charge is 2.34. The van der Waals surface area contributed by atoms with E-state index >= 15 is 0 Å². The highest BCUT2D eigenvalue weighted by atomic mass is 32.2. The molecule has 1 amide bonds. The number of carbonyl (C=O) groups is 1. The normalized spacial score (nSPS) is 23.0. The van der Waals surface area contributed by atoms with Crippen LogP contribution in [0.2, 0.25) is 0 Å². The molecule has 0 N–H and O–H groups in total. The quantitative estimate of drug-likeness (QED) is 0.614. The maximum atomic E-state index is 13.4. The highest BCUT2D eigenvalue weighted by molar-refractivity contribution is 7.90. The molecule has 10 heteroatoms. The van der Waals surface area contributed by atoms with E-state index in [1.807, 2.05) is 0 Å². The number of amides is 1. The summed E-state index contributed by atoms with van der Waals surface area (Å²) in [7, 11) is -7.58. The first-order chi connectivity index (χ1) is 15.9. The van der Waals surface area contributed by atoms with Crippen LogP contribution in [0.4, 0.5) is 0 Å². The molecule has 0 spiro atoms. The lowest BCUT2D eigenvalue weighted by Crippen LogP contribution is -2.42. The maximum absolute atomic E-state index is 13.4. The number of piperidine rings is 2. The van der Waals surface area contributed by atoms with Gasteiger partial charge in [0.25, 0.3) is 5.91 Å². The molecule has 0 radical (unpaired) electrons. The second-order valence-corrected chi connectivity index (χ2v) is 14.5. The van der Waals surface area contributed by atoms with E-state index in [2.05, 4.69) is 13.8 Å². The minimum atomic E-state index is -3.85. The second-order valence-electron chi connectivity index (χ2n) is 10.2. The zero-order chi connectivity index (χ0) is 24.8. The Labute approximate surface area is 203 Å². The van der Waals surface area contributed by atoms with Gasteiger partial charge in [-0.05, 0) is 75.6 Å². The summed E-state index contributed by atoms with van der Waals surface area (Å²) in [5.41, 5.74) is 0.397. The van der Waals surface area contributed by atoms with Gasteiger partial charge in [0, 0.05) is 31.6 Å². The number of sulfonamides is 1. The average Bonchev–Trinajstić information content (AvgIpc) is 3.18. The number of carbonyl (C=O) groups excluding carboxylic acids is 1. The van der Waals surface area contributed by atoms with Crippen LogP contribution < -0.4 is 0 Å². The van der Waals surface area contributed by atoms with Crippen LogP contribution in [0.15, 0.2) is 29.2 Å². The van der Waals surface area contributed by atoms with Crippen LogP contribution in [-0.2, 0) is 20.0 Å². The third kappa shape index (κ3) is 4.52. The number of aromatic nitrogens is 1. The van der Waals surface area contributed by atoms with Crippen LogP contribution in [0, 0.1) is 11.8 Å². The molecule has 2 saturated heterocycles. The van der Waals surface area contributed by atoms with Gasteiger partial charge in [-0.1, -0.05) is 13.8 Å². The van der Waals surface area contributed by atoms with Gasteiger partial charge in [-0.2, -0.15) is 4.31 Å². The number of hydrogen-bond donors (Lipinski definition) is 0. The van der Waals surface area contributed by atoms with Gasteiger partial charge in [0.2, 0.25) is 20.0 Å². The third-order valence-electron chi connectivity index (χ3n) is 6.91. The summed E-state index contributed by atoms with van der Waals surface area (Å²) in [6, 6.07) is 6.02. The molecule has 2 aliphatic rings. The Hall–Kier alpha value is -1.91. The molecule has 2 aromatic rings. The second kappa shape index (κ2) is 9.28. The van der Waals surface area contributed by atoms with Crippen molar-refractivity contribution in [2.75, 3.05) is 26.2 Å². The SMILES string of the molecule is CC1CC(C)CN(S(=O)(=O)c2ccc3c(c2)cc(C(=O)N2CCCCC2)n3S(=O)(=O)C(C)C)C1. The minimum absolute atomic E-state index is 0.0698. The van der Waals surface area contributed by atoms with E-state index in [0.717, 1.165) is 29.7 Å². The fourth-order valence-corrected chi connectivity index (χ4v) is 8.16. The molecule has 0 bridgehead atoms. The Morgan fingerprint density at radius 1 is 0.941 bits per heavy atom. The van der Waals surface area contributed by atoms with E-state index in [-0.39, 0.29) is 28.3 Å². The van der Waals surface area contributed by atoms with Crippen molar-refractivity contribution in [2.45, 2.75) is 63.5 Å². The van der Waals surface area contributed by atoms with Crippen molar-refractivity contribution in [2.24, 2.45) is 11.8 Å². The molecule has 2 fully saturated rings. The van der Waals surface area contributed by atoms with E-state index in [1.54, 1.807) is 18.7 Å². The molecule has 2 atom stereocenters. The van der Waals surface area contributed by atoms with E-state index in [9.17, 15) is 21.6 Å². The van der Waals surface area contributed by atoms with Crippen molar-refractivity contribution >= 4 is 36.9 Å². The third-order valence-corrected chi connectivity index (χ3v) is 10.8. The van der Waals surface area contributed by atoms with Gasteiger partial charge in [0.15, 0.2) is 0 Å². The van der Waals surface area contributed by atoms with Gasteiger partial charge in [0.05, 0.1) is 15.7 Å². The molecular formula is C24H35N3O5S2. The summed E-state index contributed by atoms with van der Waals surface area (Å²) in [6.45, 7) is 9.37. The Morgan fingerprint density at radius 3 is 2.15 bits per heavy atom. The molecule has 0 aliphatic carbocycles. The van der Waals surface area contributed by atoms with Crippen LogP contribution in [0.3, 0.4) is 0 Å². The summed E-state index contributed by atoms with van der Waals surface area (Å²) in [5, 5.41) is -0.306. The van der Waals surface area contributed by atoms with E-state index in [4.69, 9.17) is 0 Å². The number of rotatable bonds is 5. The Morgan fingerprint density at radius 2 is 1.56 bits per heavy atom. The van der Waals surface area contributed by atoms with Crippen molar-refractivity contribution in [3.63, 3.8) is 0 Å². The average molecular weight is 510 g/mol. The molecule has 2 unspecified atom stereocenters. The zero-order valence-electron chi connectivity index (χ0n) is 20.4. The lowest BCUT2D eigenvalue weighted by atomic mass is 9.94. The molecule has 0 saturated carbocycles. The van der Waals surface area contributed by atoms with Gasteiger partial charge >= 0.3 is 0 Å². The first-order valence-corrected chi connectivity index (χ1v) is 15.1. The number of nitrogens with zero attached hydrogens (tertiary/aromatic N) is 3. The van der Waals surface area contributed by atoms with Crippen LogP contribution in [0.25, 0.3) is 10.9 Å². The topological polar surface area (TPSA) is 96.8 Å². The smallest absolute Gasteiger partial charge is 0.271 e. The molecule has 34 heavy (non-hydrogen) atoms. The monoisotopic (exact) mass is 509 g/mol. The van der Waals surface area contributed by atoms with Crippen LogP contribution >= 0.6 is 0 Å². The first kappa shape index (κ1) is 25.2. The van der Waals surface area contributed by atoms with Gasteiger partial charge in [0.1, 0.15) is 5.69 Å². The summed E-state index contributed by atoms with van der Waals surface area (Å²) in [4.78, 5) is 15.2. The van der Waals surface area contributed by atoms with Crippen LogP contribution in [-0.4, -0.2) is 67.3 Å². The predicted molar refractivity (Wildman–Crippen MR) is 133 cm³/mol. The van der Waals surface area contributed by atoms with Gasteiger partial charge in [-0.15, -0.1) is 0 Å². The van der Waals surface area contributed by atoms with E-state index < -0.39 is 25.3 Å². The molecule has 2 aliphatic heterocycles. The summed E-state index contributed by atoms with van der Waals surface area (Å²) in [6.07, 6.45) is 3.81. The van der Waals surface area contributed by atoms with Crippen molar-refractivity contribution in [3.8, 4) is 0 Å². The minimum Gasteiger partial charge on any atom is -0.337 e. The molecule has 3 heterocycles. The number of hydrogen-bond acceptors (Lipinski definition) is 5. The van der Waals surface area contributed by atoms with E-state index in [1.165, 1.54) is 28.6 Å². The van der Waals surface area contributed by atoms with Crippen molar-refractivity contribution in [1.82, 2.24) is 13.2 Å².